The Hall–Kier alpha value is -1.49. The van der Waals surface area contributed by atoms with E-state index in [1.165, 1.54) is 23.8 Å². The van der Waals surface area contributed by atoms with Gasteiger partial charge in [0, 0.05) is 6.42 Å². The van der Waals surface area contributed by atoms with E-state index >= 15 is 0 Å². The Morgan fingerprint density at radius 3 is 2.78 bits per heavy atom. The Morgan fingerprint density at radius 1 is 1.39 bits per heavy atom. The highest BCUT2D eigenvalue weighted by Crippen LogP contribution is 2.34. The first-order valence-corrected chi connectivity index (χ1v) is 6.85. The Morgan fingerprint density at radius 2 is 2.11 bits per heavy atom. The molecule has 1 saturated heterocycles. The molecule has 0 unspecified atom stereocenters. The Kier molecular flexibility index (Phi) is 3.91. The molecule has 0 aromatic heterocycles. The first-order chi connectivity index (χ1) is 8.69. The summed E-state index contributed by atoms with van der Waals surface area (Å²) < 4.78 is 5.20. The van der Waals surface area contributed by atoms with E-state index in [1.807, 2.05) is 13.0 Å². The van der Waals surface area contributed by atoms with Crippen molar-refractivity contribution in [3.63, 3.8) is 0 Å². The molecule has 1 fully saturated rings. The van der Waals surface area contributed by atoms with Gasteiger partial charge in [-0.3, -0.25) is 9.59 Å². The minimum Gasteiger partial charge on any atom is -0.495 e. The summed E-state index contributed by atoms with van der Waals surface area (Å²) in [6.07, 6.45) is 0.273. The van der Waals surface area contributed by atoms with Gasteiger partial charge < -0.3 is 4.74 Å². The molecule has 2 rings (SSSR count). The van der Waals surface area contributed by atoms with Crippen LogP contribution in [0.1, 0.15) is 13.3 Å². The van der Waals surface area contributed by atoms with Crippen molar-refractivity contribution in [2.24, 2.45) is 0 Å². The molecule has 5 heteroatoms. The molecule has 0 saturated carbocycles. The zero-order valence-electron chi connectivity index (χ0n) is 10.4. The van der Waals surface area contributed by atoms with Crippen molar-refractivity contribution in [1.82, 2.24) is 0 Å². The Bertz CT molecular complexity index is 475. The molecule has 1 heterocycles. The van der Waals surface area contributed by atoms with Crippen LogP contribution in [-0.2, 0) is 9.59 Å². The van der Waals surface area contributed by atoms with Crippen LogP contribution in [0.5, 0.6) is 5.75 Å². The molecule has 0 radical (unpaired) electrons. The summed E-state index contributed by atoms with van der Waals surface area (Å²) in [5.41, 5.74) is 0.536. The lowest BCUT2D eigenvalue weighted by Crippen LogP contribution is -2.31. The van der Waals surface area contributed by atoms with Gasteiger partial charge >= 0.3 is 0 Å². The van der Waals surface area contributed by atoms with Crippen LogP contribution in [0.4, 0.5) is 5.69 Å². The zero-order chi connectivity index (χ0) is 13.1. The number of carbonyl (C=O) groups excluding carboxylic acids is 2. The number of amides is 2. The number of benzene rings is 1. The van der Waals surface area contributed by atoms with E-state index in [1.54, 1.807) is 18.2 Å². The van der Waals surface area contributed by atoms with Gasteiger partial charge in [-0.2, -0.15) is 0 Å². The molecule has 0 N–H and O–H groups in total. The maximum atomic E-state index is 12.2. The second kappa shape index (κ2) is 5.44. The van der Waals surface area contributed by atoms with Crippen molar-refractivity contribution >= 4 is 29.3 Å². The second-order valence-electron chi connectivity index (χ2n) is 3.89. The molecule has 0 bridgehead atoms. The number of ether oxygens (including phenoxy) is 1. The smallest absolute Gasteiger partial charge is 0.247 e. The molecule has 1 aliphatic rings. The molecule has 1 atom stereocenters. The van der Waals surface area contributed by atoms with Crippen LogP contribution in [0, 0.1) is 0 Å². The zero-order valence-corrected chi connectivity index (χ0v) is 11.2. The number of methoxy groups -OCH3 is 1. The van der Waals surface area contributed by atoms with E-state index in [9.17, 15) is 9.59 Å². The van der Waals surface area contributed by atoms with E-state index in [-0.39, 0.29) is 23.5 Å². The number of para-hydroxylation sites is 2. The van der Waals surface area contributed by atoms with Crippen molar-refractivity contribution in [2.45, 2.75) is 18.6 Å². The summed E-state index contributed by atoms with van der Waals surface area (Å²) in [6, 6.07) is 7.08. The first kappa shape index (κ1) is 13.0. The van der Waals surface area contributed by atoms with Crippen molar-refractivity contribution in [3.8, 4) is 5.75 Å². The first-order valence-electron chi connectivity index (χ1n) is 5.80. The highest BCUT2D eigenvalue weighted by Gasteiger charge is 2.40. The van der Waals surface area contributed by atoms with Gasteiger partial charge in [0.15, 0.2) is 0 Å². The fourth-order valence-electron chi connectivity index (χ4n) is 2.00. The highest BCUT2D eigenvalue weighted by atomic mass is 32.2. The minimum absolute atomic E-state index is 0.142. The van der Waals surface area contributed by atoms with Crippen LogP contribution in [0.25, 0.3) is 0 Å². The monoisotopic (exact) mass is 265 g/mol. The summed E-state index contributed by atoms with van der Waals surface area (Å²) in [5, 5.41) is -0.257. The molecule has 1 aliphatic heterocycles. The van der Waals surface area contributed by atoms with Gasteiger partial charge in [0.25, 0.3) is 0 Å². The van der Waals surface area contributed by atoms with Gasteiger partial charge in [0.05, 0.1) is 18.0 Å². The molecular weight excluding hydrogens is 250 g/mol. The van der Waals surface area contributed by atoms with Gasteiger partial charge in [-0.05, 0) is 17.9 Å². The fourth-order valence-corrected chi connectivity index (χ4v) is 2.91. The number of thioether (sulfide) groups is 1. The average Bonchev–Trinajstić information content (AvgIpc) is 2.65. The molecule has 0 aliphatic carbocycles. The third kappa shape index (κ3) is 2.22. The second-order valence-corrected chi connectivity index (χ2v) is 5.37. The third-order valence-electron chi connectivity index (χ3n) is 2.80. The van der Waals surface area contributed by atoms with Crippen molar-refractivity contribution < 1.29 is 14.3 Å². The lowest BCUT2D eigenvalue weighted by molar-refractivity contribution is -0.121. The number of carbonyl (C=O) groups is 2. The topological polar surface area (TPSA) is 46.6 Å². The van der Waals surface area contributed by atoms with Crippen LogP contribution in [-0.4, -0.2) is 29.9 Å². The van der Waals surface area contributed by atoms with Gasteiger partial charge in [0.1, 0.15) is 5.75 Å². The fraction of sp³-hybridized carbons (Fsp3) is 0.385. The van der Waals surface area contributed by atoms with E-state index in [4.69, 9.17) is 4.74 Å². The summed E-state index contributed by atoms with van der Waals surface area (Å²) in [7, 11) is 1.53. The van der Waals surface area contributed by atoms with Crippen molar-refractivity contribution in [2.75, 3.05) is 17.8 Å². The molecular formula is C13H15NO3S. The maximum absolute atomic E-state index is 12.2. The van der Waals surface area contributed by atoms with E-state index in [2.05, 4.69) is 0 Å². The minimum atomic E-state index is -0.257. The Balaban J connectivity index is 2.33. The maximum Gasteiger partial charge on any atom is 0.247 e. The summed E-state index contributed by atoms with van der Waals surface area (Å²) in [5.74, 6) is 1.07. The summed E-state index contributed by atoms with van der Waals surface area (Å²) in [6.45, 7) is 1.98. The van der Waals surface area contributed by atoms with Crippen molar-refractivity contribution in [3.05, 3.63) is 24.3 Å². The molecule has 2 amide bonds. The van der Waals surface area contributed by atoms with Crippen LogP contribution >= 0.6 is 11.8 Å². The SMILES string of the molecule is CCS[C@@H]1CC(=O)N(c2ccccc2OC)C1=O. The van der Waals surface area contributed by atoms with Gasteiger partial charge in [-0.15, -0.1) is 11.8 Å². The van der Waals surface area contributed by atoms with E-state index in [0.717, 1.165) is 5.75 Å². The predicted molar refractivity (Wildman–Crippen MR) is 72.0 cm³/mol. The van der Waals surface area contributed by atoms with Crippen LogP contribution in [0.2, 0.25) is 0 Å². The lowest BCUT2D eigenvalue weighted by Gasteiger charge is -2.17. The molecule has 96 valence electrons. The van der Waals surface area contributed by atoms with Crippen LogP contribution < -0.4 is 9.64 Å². The van der Waals surface area contributed by atoms with Gasteiger partial charge in [-0.1, -0.05) is 19.1 Å². The number of anilines is 1. The standard InChI is InChI=1S/C13H15NO3S/c1-3-18-11-8-12(15)14(13(11)16)9-6-4-5-7-10(9)17-2/h4-7,11H,3,8H2,1-2H3/t11-/m1/s1. The molecule has 4 nitrogen and oxygen atoms in total. The van der Waals surface area contributed by atoms with Gasteiger partial charge in [0.2, 0.25) is 11.8 Å². The number of hydrogen-bond acceptors (Lipinski definition) is 4. The van der Waals surface area contributed by atoms with E-state index in [0.29, 0.717) is 11.4 Å². The number of nitrogens with zero attached hydrogens (tertiary/aromatic N) is 1. The highest BCUT2D eigenvalue weighted by molar-refractivity contribution is 8.00. The number of rotatable bonds is 4. The van der Waals surface area contributed by atoms with Crippen molar-refractivity contribution in [1.29, 1.82) is 0 Å². The van der Waals surface area contributed by atoms with Crippen LogP contribution in [0.15, 0.2) is 24.3 Å². The van der Waals surface area contributed by atoms with E-state index < -0.39 is 0 Å². The Labute approximate surface area is 110 Å². The normalized spacial score (nSPS) is 19.4. The molecule has 0 spiro atoms. The molecule has 18 heavy (non-hydrogen) atoms. The molecule has 1 aromatic carbocycles. The lowest BCUT2D eigenvalue weighted by atomic mass is 10.2. The summed E-state index contributed by atoms with van der Waals surface area (Å²) in [4.78, 5) is 25.4. The quantitative estimate of drug-likeness (QED) is 0.782. The predicted octanol–water partition coefficient (Wildman–Crippen LogP) is 2.08. The third-order valence-corrected chi connectivity index (χ3v) is 3.90. The molecule has 1 aromatic rings. The van der Waals surface area contributed by atoms with Gasteiger partial charge in [-0.25, -0.2) is 4.90 Å². The summed E-state index contributed by atoms with van der Waals surface area (Å²) >= 11 is 1.51. The number of imide groups is 1. The largest absolute Gasteiger partial charge is 0.495 e. The average molecular weight is 265 g/mol. The van der Waals surface area contributed by atoms with Crippen LogP contribution in [0.3, 0.4) is 0 Å². The number of hydrogen-bond donors (Lipinski definition) is 0.